The Labute approximate surface area is 116 Å². The maximum atomic E-state index is 6.06. The molecule has 0 aromatic heterocycles. The average Bonchev–Trinajstić information content (AvgIpc) is 2.45. The van der Waals surface area contributed by atoms with Crippen molar-refractivity contribution in [1.29, 1.82) is 0 Å². The van der Waals surface area contributed by atoms with Gasteiger partial charge < -0.3 is 15.8 Å². The number of hydrogen-bond acceptors (Lipinski definition) is 3. The van der Waals surface area contributed by atoms with Gasteiger partial charge in [0, 0.05) is 18.1 Å². The molecule has 0 aliphatic heterocycles. The highest BCUT2D eigenvalue weighted by atomic mass is 16.5. The van der Waals surface area contributed by atoms with Crippen LogP contribution in [0.1, 0.15) is 50.6 Å². The molecule has 0 radical (unpaired) electrons. The third-order valence-electron chi connectivity index (χ3n) is 4.08. The van der Waals surface area contributed by atoms with Gasteiger partial charge in [0.2, 0.25) is 0 Å². The van der Waals surface area contributed by atoms with Gasteiger partial charge in [-0.2, -0.15) is 0 Å². The molecule has 0 spiro atoms. The van der Waals surface area contributed by atoms with Crippen molar-refractivity contribution in [3.8, 4) is 5.75 Å². The van der Waals surface area contributed by atoms with E-state index in [0.717, 1.165) is 18.6 Å². The van der Waals surface area contributed by atoms with Gasteiger partial charge >= 0.3 is 0 Å². The highest BCUT2D eigenvalue weighted by Crippen LogP contribution is 2.24. The van der Waals surface area contributed by atoms with E-state index >= 15 is 0 Å². The molecule has 3 atom stereocenters. The van der Waals surface area contributed by atoms with Gasteiger partial charge in [0.05, 0.1) is 7.11 Å². The monoisotopic (exact) mass is 262 g/mol. The Morgan fingerprint density at radius 1 is 1.32 bits per heavy atom. The van der Waals surface area contributed by atoms with Crippen molar-refractivity contribution in [2.24, 2.45) is 5.73 Å². The van der Waals surface area contributed by atoms with E-state index in [2.05, 4.69) is 24.4 Å². The van der Waals surface area contributed by atoms with Crippen molar-refractivity contribution in [3.63, 3.8) is 0 Å². The van der Waals surface area contributed by atoms with Crippen LogP contribution in [0.3, 0.4) is 0 Å². The van der Waals surface area contributed by atoms with Gasteiger partial charge in [-0.25, -0.2) is 0 Å². The molecule has 3 nitrogen and oxygen atoms in total. The molecule has 0 amide bonds. The van der Waals surface area contributed by atoms with Crippen molar-refractivity contribution in [2.45, 2.75) is 57.2 Å². The molecule has 1 saturated carbocycles. The van der Waals surface area contributed by atoms with Gasteiger partial charge in [0.25, 0.3) is 0 Å². The third kappa shape index (κ3) is 3.95. The van der Waals surface area contributed by atoms with E-state index in [4.69, 9.17) is 10.5 Å². The fraction of sp³-hybridized carbons (Fsp3) is 0.625. The van der Waals surface area contributed by atoms with Crippen molar-refractivity contribution < 1.29 is 4.74 Å². The molecule has 1 aromatic rings. The molecule has 2 rings (SSSR count). The average molecular weight is 262 g/mol. The predicted molar refractivity (Wildman–Crippen MR) is 79.4 cm³/mol. The summed E-state index contributed by atoms with van der Waals surface area (Å²) in [6, 6.07) is 9.74. The van der Waals surface area contributed by atoms with E-state index in [1.54, 1.807) is 7.11 Å². The maximum absolute atomic E-state index is 6.06. The molecule has 1 aliphatic rings. The Morgan fingerprint density at radius 2 is 2.05 bits per heavy atom. The van der Waals surface area contributed by atoms with Crippen LogP contribution < -0.4 is 15.8 Å². The molecular weight excluding hydrogens is 236 g/mol. The highest BCUT2D eigenvalue weighted by Gasteiger charge is 2.21. The SMILES string of the molecule is CCC(NC1CCCC(N)C1)c1ccc(OC)cc1. The fourth-order valence-electron chi connectivity index (χ4n) is 2.95. The predicted octanol–water partition coefficient (Wildman–Crippen LogP) is 3.01. The van der Waals surface area contributed by atoms with Crippen LogP contribution in [0.25, 0.3) is 0 Å². The van der Waals surface area contributed by atoms with E-state index in [-0.39, 0.29) is 0 Å². The number of benzene rings is 1. The first-order chi connectivity index (χ1) is 9.22. The molecule has 0 saturated heterocycles. The van der Waals surface area contributed by atoms with E-state index in [1.807, 2.05) is 12.1 Å². The minimum Gasteiger partial charge on any atom is -0.497 e. The van der Waals surface area contributed by atoms with Gasteiger partial charge in [-0.3, -0.25) is 0 Å². The normalized spacial score (nSPS) is 25.0. The van der Waals surface area contributed by atoms with E-state index in [0.29, 0.717) is 18.1 Å². The molecule has 1 fully saturated rings. The minimum absolute atomic E-state index is 0.375. The molecule has 3 heteroatoms. The van der Waals surface area contributed by atoms with Crippen LogP contribution in [0.4, 0.5) is 0 Å². The van der Waals surface area contributed by atoms with E-state index < -0.39 is 0 Å². The van der Waals surface area contributed by atoms with Crippen LogP contribution >= 0.6 is 0 Å². The van der Waals surface area contributed by atoms with Crippen molar-refractivity contribution in [1.82, 2.24) is 5.32 Å². The molecule has 3 unspecified atom stereocenters. The number of rotatable bonds is 5. The molecule has 0 heterocycles. The summed E-state index contributed by atoms with van der Waals surface area (Å²) in [6.45, 7) is 2.23. The fourth-order valence-corrected chi connectivity index (χ4v) is 2.95. The lowest BCUT2D eigenvalue weighted by molar-refractivity contribution is 0.309. The second kappa shape index (κ2) is 6.92. The Hall–Kier alpha value is -1.06. The first-order valence-electron chi connectivity index (χ1n) is 7.38. The third-order valence-corrected chi connectivity index (χ3v) is 4.08. The van der Waals surface area contributed by atoms with Gasteiger partial charge in [0.1, 0.15) is 5.75 Å². The summed E-state index contributed by atoms with van der Waals surface area (Å²) < 4.78 is 5.21. The van der Waals surface area contributed by atoms with Crippen molar-refractivity contribution in [2.75, 3.05) is 7.11 Å². The van der Waals surface area contributed by atoms with E-state index in [9.17, 15) is 0 Å². The lowest BCUT2D eigenvalue weighted by atomic mass is 9.90. The summed E-state index contributed by atoms with van der Waals surface area (Å²) in [6.07, 6.45) is 5.88. The topological polar surface area (TPSA) is 47.3 Å². The van der Waals surface area contributed by atoms with Crippen LogP contribution in [-0.4, -0.2) is 19.2 Å². The largest absolute Gasteiger partial charge is 0.497 e. The molecule has 1 aliphatic carbocycles. The standard InChI is InChI=1S/C16H26N2O/c1-3-16(12-7-9-15(19-2)10-8-12)18-14-6-4-5-13(17)11-14/h7-10,13-14,16,18H,3-6,11,17H2,1-2H3. The lowest BCUT2D eigenvalue weighted by Crippen LogP contribution is -2.40. The minimum atomic E-state index is 0.375. The van der Waals surface area contributed by atoms with Gasteiger partial charge in [-0.15, -0.1) is 0 Å². The van der Waals surface area contributed by atoms with Crippen LogP contribution in [0, 0.1) is 0 Å². The first-order valence-corrected chi connectivity index (χ1v) is 7.38. The summed E-state index contributed by atoms with van der Waals surface area (Å²) in [5.74, 6) is 0.915. The Kier molecular flexibility index (Phi) is 5.23. The quantitative estimate of drug-likeness (QED) is 0.857. The Balaban J connectivity index is 1.98. The van der Waals surface area contributed by atoms with Gasteiger partial charge in [0.15, 0.2) is 0 Å². The molecule has 1 aromatic carbocycles. The summed E-state index contributed by atoms with van der Waals surface area (Å²) >= 11 is 0. The molecule has 0 bridgehead atoms. The molecule has 106 valence electrons. The maximum Gasteiger partial charge on any atom is 0.118 e. The van der Waals surface area contributed by atoms with Crippen LogP contribution in [0.15, 0.2) is 24.3 Å². The number of methoxy groups -OCH3 is 1. The number of nitrogens with two attached hydrogens (primary N) is 1. The first kappa shape index (κ1) is 14.4. The second-order valence-electron chi connectivity index (χ2n) is 5.52. The summed E-state index contributed by atoms with van der Waals surface area (Å²) in [5, 5.41) is 3.77. The number of nitrogens with one attached hydrogen (secondary N) is 1. The zero-order chi connectivity index (χ0) is 13.7. The van der Waals surface area contributed by atoms with Crippen molar-refractivity contribution in [3.05, 3.63) is 29.8 Å². The summed E-state index contributed by atoms with van der Waals surface area (Å²) in [4.78, 5) is 0. The van der Waals surface area contributed by atoms with E-state index in [1.165, 1.54) is 24.8 Å². The lowest BCUT2D eigenvalue weighted by Gasteiger charge is -2.31. The number of hydrogen-bond donors (Lipinski definition) is 2. The van der Waals surface area contributed by atoms with Crippen LogP contribution in [0.5, 0.6) is 5.75 Å². The zero-order valence-corrected chi connectivity index (χ0v) is 12.1. The number of ether oxygens (including phenoxy) is 1. The molecule has 19 heavy (non-hydrogen) atoms. The smallest absolute Gasteiger partial charge is 0.118 e. The molecule has 3 N–H and O–H groups in total. The van der Waals surface area contributed by atoms with Gasteiger partial charge in [-0.05, 0) is 43.4 Å². The summed E-state index contributed by atoms with van der Waals surface area (Å²) in [7, 11) is 1.70. The van der Waals surface area contributed by atoms with Crippen LogP contribution in [0.2, 0.25) is 0 Å². The highest BCUT2D eigenvalue weighted by molar-refractivity contribution is 5.29. The Morgan fingerprint density at radius 3 is 2.63 bits per heavy atom. The summed E-state index contributed by atoms with van der Waals surface area (Å²) in [5.41, 5.74) is 7.40. The van der Waals surface area contributed by atoms with Gasteiger partial charge in [-0.1, -0.05) is 25.5 Å². The van der Waals surface area contributed by atoms with Crippen molar-refractivity contribution >= 4 is 0 Å². The second-order valence-corrected chi connectivity index (χ2v) is 5.52. The van der Waals surface area contributed by atoms with Crippen LogP contribution in [-0.2, 0) is 0 Å². The zero-order valence-electron chi connectivity index (χ0n) is 12.1. The Bertz CT molecular complexity index is 377. The molecular formula is C16H26N2O.